The molecule has 0 unspecified atom stereocenters. The zero-order valence-corrected chi connectivity index (χ0v) is 17.6. The molecule has 0 saturated heterocycles. The first-order chi connectivity index (χ1) is 15.3. The average Bonchev–Trinajstić information content (AvgIpc) is 2.70. The topological polar surface area (TPSA) is 66.9 Å². The highest BCUT2D eigenvalue weighted by Gasteiger charge is 2.37. The molecule has 13 heteroatoms. The van der Waals surface area contributed by atoms with Gasteiger partial charge in [0, 0.05) is 11.9 Å². The number of hydrogen-bond acceptors (Lipinski definition) is 3. The average molecular weight is 509 g/mol. The number of anilines is 1. The summed E-state index contributed by atoms with van der Waals surface area (Å²) in [5, 5.41) is 4.54. The summed E-state index contributed by atoms with van der Waals surface area (Å²) in [6.45, 7) is 0. The third-order valence-corrected chi connectivity index (χ3v) is 4.67. The van der Waals surface area contributed by atoms with Crippen molar-refractivity contribution in [2.75, 3.05) is 5.32 Å². The Morgan fingerprint density at radius 1 is 0.909 bits per heavy atom. The molecule has 2 aromatic heterocycles. The summed E-state index contributed by atoms with van der Waals surface area (Å²) in [6.07, 6.45) is -8.41. The number of benzene rings is 1. The molecule has 0 aliphatic heterocycles. The SMILES string of the molecule is O=C(Nc1cc(Cl)nc(Cl)c1)N[C@@H](c1ccc(C(F)(F)F)cc1)c1ncccc1C(F)(F)F. The van der Waals surface area contributed by atoms with E-state index in [1.165, 1.54) is 12.1 Å². The minimum Gasteiger partial charge on any atom is -0.325 e. The second kappa shape index (κ2) is 9.44. The minimum absolute atomic E-state index is 0.0545. The molecule has 3 rings (SSSR count). The number of rotatable bonds is 4. The summed E-state index contributed by atoms with van der Waals surface area (Å²) >= 11 is 11.5. The van der Waals surface area contributed by atoms with E-state index in [-0.39, 0.29) is 21.6 Å². The van der Waals surface area contributed by atoms with Crippen molar-refractivity contribution in [3.05, 3.63) is 87.4 Å². The van der Waals surface area contributed by atoms with Crippen LogP contribution in [0.3, 0.4) is 0 Å². The van der Waals surface area contributed by atoms with Gasteiger partial charge in [0.2, 0.25) is 0 Å². The second-order valence-corrected chi connectivity index (χ2v) is 7.36. The highest BCUT2D eigenvalue weighted by molar-refractivity contribution is 6.32. The molecule has 0 radical (unpaired) electrons. The van der Waals surface area contributed by atoms with Crippen LogP contribution in [0, 0.1) is 0 Å². The number of alkyl halides is 6. The van der Waals surface area contributed by atoms with E-state index in [2.05, 4.69) is 20.6 Å². The molecule has 0 spiro atoms. The largest absolute Gasteiger partial charge is 0.418 e. The van der Waals surface area contributed by atoms with Crippen molar-refractivity contribution >= 4 is 34.9 Å². The highest BCUT2D eigenvalue weighted by atomic mass is 35.5. The monoisotopic (exact) mass is 508 g/mol. The lowest BCUT2D eigenvalue weighted by molar-refractivity contribution is -0.139. The number of hydrogen-bond donors (Lipinski definition) is 2. The van der Waals surface area contributed by atoms with Crippen molar-refractivity contribution < 1.29 is 31.1 Å². The Hall–Kier alpha value is -3.05. The van der Waals surface area contributed by atoms with Gasteiger partial charge in [0.25, 0.3) is 0 Å². The fraction of sp³-hybridized carbons (Fsp3) is 0.150. The Bertz CT molecular complexity index is 1130. The van der Waals surface area contributed by atoms with Gasteiger partial charge < -0.3 is 10.6 Å². The van der Waals surface area contributed by atoms with E-state index in [0.717, 1.165) is 30.5 Å². The van der Waals surface area contributed by atoms with Crippen LogP contribution in [0.15, 0.2) is 54.7 Å². The zero-order valence-electron chi connectivity index (χ0n) is 16.1. The molecule has 0 bridgehead atoms. The Morgan fingerprint density at radius 3 is 2.06 bits per heavy atom. The molecule has 0 saturated carbocycles. The van der Waals surface area contributed by atoms with Crippen LogP contribution in [-0.2, 0) is 12.4 Å². The fourth-order valence-electron chi connectivity index (χ4n) is 2.90. The molecule has 1 atom stereocenters. The van der Waals surface area contributed by atoms with E-state index in [0.29, 0.717) is 12.1 Å². The second-order valence-electron chi connectivity index (χ2n) is 6.59. The Labute approximate surface area is 192 Å². The Morgan fingerprint density at radius 2 is 1.52 bits per heavy atom. The maximum Gasteiger partial charge on any atom is 0.418 e. The molecule has 2 N–H and O–H groups in total. The molecule has 174 valence electrons. The number of carbonyl (C=O) groups is 1. The van der Waals surface area contributed by atoms with Gasteiger partial charge in [-0.3, -0.25) is 4.98 Å². The lowest BCUT2D eigenvalue weighted by Gasteiger charge is -2.23. The number of nitrogens with one attached hydrogen (secondary N) is 2. The highest BCUT2D eigenvalue weighted by Crippen LogP contribution is 2.36. The van der Waals surface area contributed by atoms with Crippen LogP contribution in [0.25, 0.3) is 0 Å². The van der Waals surface area contributed by atoms with E-state index < -0.39 is 41.2 Å². The molecule has 0 aliphatic rings. The molecule has 0 aliphatic carbocycles. The van der Waals surface area contributed by atoms with E-state index >= 15 is 0 Å². The van der Waals surface area contributed by atoms with Crippen LogP contribution in [0.1, 0.15) is 28.4 Å². The number of nitrogens with zero attached hydrogens (tertiary/aromatic N) is 2. The van der Waals surface area contributed by atoms with Gasteiger partial charge in [0.1, 0.15) is 10.3 Å². The molecular formula is C20H12Cl2F6N4O. The van der Waals surface area contributed by atoms with Crippen molar-refractivity contribution in [1.82, 2.24) is 15.3 Å². The van der Waals surface area contributed by atoms with Crippen LogP contribution in [-0.4, -0.2) is 16.0 Å². The van der Waals surface area contributed by atoms with Gasteiger partial charge in [-0.15, -0.1) is 0 Å². The molecular weight excluding hydrogens is 497 g/mol. The van der Waals surface area contributed by atoms with Crippen LogP contribution >= 0.6 is 23.2 Å². The number of aromatic nitrogens is 2. The number of carbonyl (C=O) groups excluding carboxylic acids is 1. The summed E-state index contributed by atoms with van der Waals surface area (Å²) in [5.74, 6) is 0. The van der Waals surface area contributed by atoms with Crippen LogP contribution in [0.4, 0.5) is 36.8 Å². The summed E-state index contributed by atoms with van der Waals surface area (Å²) in [7, 11) is 0. The molecule has 3 aromatic rings. The lowest BCUT2D eigenvalue weighted by atomic mass is 9.98. The molecule has 1 aromatic carbocycles. The summed E-state index contributed by atoms with van der Waals surface area (Å²) in [5.41, 5.74) is -2.75. The third kappa shape index (κ3) is 6.26. The van der Waals surface area contributed by atoms with Crippen LogP contribution in [0.5, 0.6) is 0 Å². The maximum absolute atomic E-state index is 13.6. The fourth-order valence-corrected chi connectivity index (χ4v) is 3.36. The summed E-state index contributed by atoms with van der Waals surface area (Å²) in [4.78, 5) is 20.0. The smallest absolute Gasteiger partial charge is 0.325 e. The van der Waals surface area contributed by atoms with Gasteiger partial charge in [-0.2, -0.15) is 26.3 Å². The zero-order chi connectivity index (χ0) is 24.4. The van der Waals surface area contributed by atoms with Gasteiger partial charge >= 0.3 is 18.4 Å². The predicted molar refractivity (Wildman–Crippen MR) is 109 cm³/mol. The van der Waals surface area contributed by atoms with Gasteiger partial charge in [-0.25, -0.2) is 9.78 Å². The lowest BCUT2D eigenvalue weighted by Crippen LogP contribution is -2.35. The quantitative estimate of drug-likeness (QED) is 0.303. The Balaban J connectivity index is 2.00. The first-order valence-electron chi connectivity index (χ1n) is 8.94. The van der Waals surface area contributed by atoms with Crippen molar-refractivity contribution in [2.45, 2.75) is 18.4 Å². The standard InChI is InChI=1S/C20H12Cl2F6N4O/c21-14-8-12(9-15(22)31-14)30-18(33)32-16(10-3-5-11(6-4-10)19(23,24)25)17-13(20(26,27)28)2-1-7-29-17/h1-9,16H,(H2,30,31,32,33)/t16-/m0/s1. The first kappa shape index (κ1) is 24.6. The maximum atomic E-state index is 13.6. The van der Waals surface area contributed by atoms with E-state index in [1.807, 2.05) is 0 Å². The molecule has 2 heterocycles. The summed E-state index contributed by atoms with van der Waals surface area (Å²) in [6, 6.07) is 5.06. The van der Waals surface area contributed by atoms with E-state index in [4.69, 9.17) is 23.2 Å². The van der Waals surface area contributed by atoms with Gasteiger partial charge in [0.05, 0.1) is 22.9 Å². The predicted octanol–water partition coefficient (Wildman–Crippen LogP) is 6.73. The van der Waals surface area contributed by atoms with Gasteiger partial charge in [0.15, 0.2) is 0 Å². The first-order valence-corrected chi connectivity index (χ1v) is 9.70. The molecule has 33 heavy (non-hydrogen) atoms. The van der Waals surface area contributed by atoms with E-state index in [1.54, 1.807) is 0 Å². The molecule has 0 fully saturated rings. The van der Waals surface area contributed by atoms with Crippen LogP contribution < -0.4 is 10.6 Å². The number of pyridine rings is 2. The van der Waals surface area contributed by atoms with Gasteiger partial charge in [-0.05, 0) is 42.0 Å². The number of halogens is 8. The van der Waals surface area contributed by atoms with Crippen LogP contribution in [0.2, 0.25) is 10.3 Å². The number of urea groups is 1. The Kier molecular flexibility index (Phi) is 7.03. The van der Waals surface area contributed by atoms with Crippen molar-refractivity contribution in [2.24, 2.45) is 0 Å². The molecule has 2 amide bonds. The normalized spacial score (nSPS) is 12.8. The molecule has 5 nitrogen and oxygen atoms in total. The number of amides is 2. The summed E-state index contributed by atoms with van der Waals surface area (Å²) < 4.78 is 79.4. The van der Waals surface area contributed by atoms with Crippen molar-refractivity contribution in [3.8, 4) is 0 Å². The van der Waals surface area contributed by atoms with Crippen molar-refractivity contribution in [1.29, 1.82) is 0 Å². The minimum atomic E-state index is -4.84. The van der Waals surface area contributed by atoms with Gasteiger partial charge in [-0.1, -0.05) is 35.3 Å². The third-order valence-electron chi connectivity index (χ3n) is 4.28. The van der Waals surface area contributed by atoms with Crippen molar-refractivity contribution in [3.63, 3.8) is 0 Å². The van der Waals surface area contributed by atoms with E-state index in [9.17, 15) is 31.1 Å².